The number of nitrogens with one attached hydrogen (secondary N) is 1. The molecule has 4 rings (SSSR count). The predicted octanol–water partition coefficient (Wildman–Crippen LogP) is 3.34. The number of halogens is 2. The van der Waals surface area contributed by atoms with Crippen LogP contribution in [-0.2, 0) is 4.79 Å². The van der Waals surface area contributed by atoms with Gasteiger partial charge in [0.1, 0.15) is 11.6 Å². The van der Waals surface area contributed by atoms with Gasteiger partial charge in [0.25, 0.3) is 0 Å². The molecule has 3 atom stereocenters. The Morgan fingerprint density at radius 3 is 2.64 bits per heavy atom. The zero-order valence-corrected chi connectivity index (χ0v) is 15.1. The van der Waals surface area contributed by atoms with Crippen molar-refractivity contribution in [2.75, 3.05) is 6.61 Å². The smallest absolute Gasteiger partial charge is 0.223 e. The van der Waals surface area contributed by atoms with Gasteiger partial charge in [-0.05, 0) is 55.7 Å². The standard InChI is InChI=1S/C19H25FN2O2.ClH/c20-14-4-5-17-15(10-14)16(6-7-24-17)22-19(23)13-8-11-2-1-3-12(9-13)18(11)21;/h4-5,10-13,16,18H,1-3,6-9,21H2,(H,22,23);1H. The molecule has 1 aromatic carbocycles. The molecule has 2 bridgehead atoms. The topological polar surface area (TPSA) is 64.4 Å². The molecule has 0 saturated heterocycles. The maximum absolute atomic E-state index is 13.6. The van der Waals surface area contributed by atoms with Crippen LogP contribution >= 0.6 is 12.4 Å². The first-order valence-electron chi connectivity index (χ1n) is 9.10. The number of amides is 1. The number of carbonyl (C=O) groups is 1. The summed E-state index contributed by atoms with van der Waals surface area (Å²) in [5.41, 5.74) is 7.07. The molecule has 25 heavy (non-hydrogen) atoms. The van der Waals surface area contributed by atoms with Crippen molar-refractivity contribution in [3.05, 3.63) is 29.6 Å². The number of nitrogens with two attached hydrogens (primary N) is 1. The van der Waals surface area contributed by atoms with Crippen LogP contribution in [-0.4, -0.2) is 18.6 Å². The van der Waals surface area contributed by atoms with Crippen LogP contribution in [0.15, 0.2) is 18.2 Å². The van der Waals surface area contributed by atoms with Crippen molar-refractivity contribution < 1.29 is 13.9 Å². The highest BCUT2D eigenvalue weighted by Gasteiger charge is 2.41. The van der Waals surface area contributed by atoms with E-state index in [9.17, 15) is 9.18 Å². The van der Waals surface area contributed by atoms with Gasteiger partial charge in [-0.2, -0.15) is 0 Å². The minimum atomic E-state index is -0.295. The molecule has 1 aromatic rings. The largest absolute Gasteiger partial charge is 0.493 e. The number of hydrogen-bond acceptors (Lipinski definition) is 3. The molecule has 1 aliphatic heterocycles. The SMILES string of the molecule is Cl.NC1C2CCCC1CC(C(=O)NC1CCOc3ccc(F)cc31)C2. The average molecular weight is 369 g/mol. The maximum Gasteiger partial charge on any atom is 0.223 e. The van der Waals surface area contributed by atoms with Crippen LogP contribution in [0, 0.1) is 23.6 Å². The molecular weight excluding hydrogens is 343 g/mol. The molecule has 0 radical (unpaired) electrons. The highest BCUT2D eigenvalue weighted by molar-refractivity contribution is 5.85. The van der Waals surface area contributed by atoms with Gasteiger partial charge in [-0.25, -0.2) is 4.39 Å². The van der Waals surface area contributed by atoms with Crippen LogP contribution in [0.3, 0.4) is 0 Å². The van der Waals surface area contributed by atoms with Gasteiger partial charge in [0.15, 0.2) is 0 Å². The fraction of sp³-hybridized carbons (Fsp3) is 0.632. The van der Waals surface area contributed by atoms with E-state index in [-0.39, 0.29) is 42.1 Å². The van der Waals surface area contributed by atoms with Gasteiger partial charge in [0.05, 0.1) is 12.6 Å². The Hall–Kier alpha value is -1.33. The minimum absolute atomic E-state index is 0. The van der Waals surface area contributed by atoms with Gasteiger partial charge in [-0.3, -0.25) is 4.79 Å². The fourth-order valence-corrected chi connectivity index (χ4v) is 4.81. The van der Waals surface area contributed by atoms with Crippen molar-refractivity contribution in [2.24, 2.45) is 23.5 Å². The van der Waals surface area contributed by atoms with Crippen molar-refractivity contribution in [3.8, 4) is 5.75 Å². The molecule has 1 heterocycles. The molecule has 0 aromatic heterocycles. The number of rotatable bonds is 2. The van der Waals surface area contributed by atoms with E-state index in [1.165, 1.54) is 18.6 Å². The van der Waals surface area contributed by atoms with Crippen molar-refractivity contribution in [1.82, 2.24) is 5.32 Å². The van der Waals surface area contributed by atoms with Crippen molar-refractivity contribution in [3.63, 3.8) is 0 Å². The van der Waals surface area contributed by atoms with Crippen LogP contribution in [0.4, 0.5) is 4.39 Å². The van der Waals surface area contributed by atoms with Gasteiger partial charge in [0.2, 0.25) is 5.91 Å². The van der Waals surface area contributed by atoms with Crippen LogP contribution < -0.4 is 15.8 Å². The van der Waals surface area contributed by atoms with Crippen LogP contribution in [0.2, 0.25) is 0 Å². The monoisotopic (exact) mass is 368 g/mol. The Kier molecular flexibility index (Phi) is 5.54. The first kappa shape index (κ1) is 18.5. The molecular formula is C19H26ClFN2O2. The quantitative estimate of drug-likeness (QED) is 0.841. The third kappa shape index (κ3) is 3.63. The Bertz CT molecular complexity index is 628. The van der Waals surface area contributed by atoms with Gasteiger partial charge in [-0.15, -0.1) is 12.4 Å². The molecule has 4 nitrogen and oxygen atoms in total. The van der Waals surface area contributed by atoms with Gasteiger partial charge in [0, 0.05) is 23.9 Å². The minimum Gasteiger partial charge on any atom is -0.493 e. The molecule has 2 saturated carbocycles. The molecule has 6 heteroatoms. The van der Waals surface area contributed by atoms with Crippen molar-refractivity contribution >= 4 is 18.3 Å². The van der Waals surface area contributed by atoms with Crippen LogP contribution in [0.1, 0.15) is 50.1 Å². The van der Waals surface area contributed by atoms with Gasteiger partial charge in [-0.1, -0.05) is 6.42 Å². The second kappa shape index (κ2) is 7.50. The van der Waals surface area contributed by atoms with Crippen LogP contribution in [0.5, 0.6) is 5.75 Å². The van der Waals surface area contributed by atoms with Gasteiger partial charge < -0.3 is 15.8 Å². The lowest BCUT2D eigenvalue weighted by atomic mass is 9.65. The van der Waals surface area contributed by atoms with E-state index < -0.39 is 0 Å². The highest BCUT2D eigenvalue weighted by Crippen LogP contribution is 2.42. The number of benzene rings is 1. The lowest BCUT2D eigenvalue weighted by molar-refractivity contribution is -0.128. The van der Waals surface area contributed by atoms with E-state index in [0.29, 0.717) is 30.6 Å². The highest BCUT2D eigenvalue weighted by atomic mass is 35.5. The van der Waals surface area contributed by atoms with Crippen LogP contribution in [0.25, 0.3) is 0 Å². The van der Waals surface area contributed by atoms with Gasteiger partial charge >= 0.3 is 0 Å². The molecule has 2 fully saturated rings. The number of ether oxygens (including phenoxy) is 1. The van der Waals surface area contributed by atoms with E-state index >= 15 is 0 Å². The summed E-state index contributed by atoms with van der Waals surface area (Å²) in [5.74, 6) is 1.48. The molecule has 2 aliphatic carbocycles. The number of carbonyl (C=O) groups excluding carboxylic acids is 1. The number of hydrogen-bond donors (Lipinski definition) is 2. The molecule has 0 spiro atoms. The summed E-state index contributed by atoms with van der Waals surface area (Å²) in [6, 6.07) is 4.62. The zero-order chi connectivity index (χ0) is 16.7. The molecule has 1 amide bonds. The third-order valence-corrected chi connectivity index (χ3v) is 6.11. The summed E-state index contributed by atoms with van der Waals surface area (Å²) in [6.07, 6.45) is 6.00. The van der Waals surface area contributed by atoms with E-state index in [0.717, 1.165) is 31.2 Å². The molecule has 138 valence electrons. The third-order valence-electron chi connectivity index (χ3n) is 6.11. The molecule has 3 unspecified atom stereocenters. The van der Waals surface area contributed by atoms with Crippen molar-refractivity contribution in [1.29, 1.82) is 0 Å². The Morgan fingerprint density at radius 2 is 1.92 bits per heavy atom. The Morgan fingerprint density at radius 1 is 1.20 bits per heavy atom. The average Bonchev–Trinajstić information content (AvgIpc) is 2.55. The normalized spacial score (nSPS) is 33.4. The second-order valence-corrected chi connectivity index (χ2v) is 7.58. The predicted molar refractivity (Wildman–Crippen MR) is 96.2 cm³/mol. The summed E-state index contributed by atoms with van der Waals surface area (Å²) < 4.78 is 19.2. The first-order valence-corrected chi connectivity index (χ1v) is 9.10. The lowest BCUT2D eigenvalue weighted by Gasteiger charge is -2.43. The van der Waals surface area contributed by atoms with E-state index in [1.54, 1.807) is 6.07 Å². The first-order chi connectivity index (χ1) is 11.6. The summed E-state index contributed by atoms with van der Waals surface area (Å²) in [4.78, 5) is 12.8. The van der Waals surface area contributed by atoms with E-state index in [2.05, 4.69) is 5.32 Å². The summed E-state index contributed by atoms with van der Waals surface area (Å²) in [6.45, 7) is 0.546. The maximum atomic E-state index is 13.6. The molecule has 3 N–H and O–H groups in total. The second-order valence-electron chi connectivity index (χ2n) is 7.58. The zero-order valence-electron chi connectivity index (χ0n) is 14.2. The van der Waals surface area contributed by atoms with E-state index in [1.807, 2.05) is 0 Å². The Labute approximate surface area is 154 Å². The number of fused-ring (bicyclic) bond motifs is 3. The molecule has 3 aliphatic rings. The summed E-state index contributed by atoms with van der Waals surface area (Å²) in [7, 11) is 0. The summed E-state index contributed by atoms with van der Waals surface area (Å²) >= 11 is 0. The Balaban J connectivity index is 0.00000182. The fourth-order valence-electron chi connectivity index (χ4n) is 4.81. The summed E-state index contributed by atoms with van der Waals surface area (Å²) in [5, 5.41) is 3.15. The lowest BCUT2D eigenvalue weighted by Crippen LogP contribution is -2.49. The van der Waals surface area contributed by atoms with Crippen molar-refractivity contribution in [2.45, 2.75) is 50.6 Å². The van der Waals surface area contributed by atoms with E-state index in [4.69, 9.17) is 10.5 Å².